The summed E-state index contributed by atoms with van der Waals surface area (Å²) < 4.78 is 50.8. The number of alkyl halides is 3. The van der Waals surface area contributed by atoms with Gasteiger partial charge in [0.1, 0.15) is 17.1 Å². The van der Waals surface area contributed by atoms with E-state index >= 15 is 0 Å². The minimum absolute atomic E-state index is 0.0107. The van der Waals surface area contributed by atoms with Gasteiger partial charge in [0.25, 0.3) is 0 Å². The number of ether oxygens (including phenoxy) is 2. The normalized spacial score (nSPS) is 11.4. The third-order valence-electron chi connectivity index (χ3n) is 3.48. The summed E-state index contributed by atoms with van der Waals surface area (Å²) >= 11 is 0. The fourth-order valence-electron chi connectivity index (χ4n) is 2.35. The Morgan fingerprint density at radius 3 is 2.36 bits per heavy atom. The highest BCUT2D eigenvalue weighted by molar-refractivity contribution is 5.56. The van der Waals surface area contributed by atoms with E-state index in [0.29, 0.717) is 17.6 Å². The number of aromatic nitrogens is 2. The maximum absolute atomic E-state index is 13.3. The summed E-state index contributed by atoms with van der Waals surface area (Å²) in [7, 11) is 0. The van der Waals surface area contributed by atoms with Crippen molar-refractivity contribution in [2.75, 3.05) is 5.32 Å². The number of para-hydroxylation sites is 1. The molecule has 0 radical (unpaired) electrons. The van der Waals surface area contributed by atoms with E-state index in [1.165, 1.54) is 0 Å². The Balaban J connectivity index is 1.89. The highest BCUT2D eigenvalue weighted by atomic mass is 19.4. The van der Waals surface area contributed by atoms with Crippen LogP contribution in [0.1, 0.15) is 19.4 Å². The van der Waals surface area contributed by atoms with E-state index < -0.39 is 17.6 Å². The first kappa shape index (κ1) is 19.5. The number of nitrogens with one attached hydrogen (secondary N) is 1. The van der Waals surface area contributed by atoms with E-state index in [-0.39, 0.29) is 17.8 Å². The van der Waals surface area contributed by atoms with Crippen molar-refractivity contribution >= 4 is 11.6 Å². The van der Waals surface area contributed by atoms with Gasteiger partial charge in [-0.3, -0.25) is 0 Å². The SMILES string of the molecule is CC(C)Oc1cccc(Nc2ncc(C(F)(F)F)c(Oc3ccccc3)n2)c1. The van der Waals surface area contributed by atoms with Gasteiger partial charge in [-0.1, -0.05) is 24.3 Å². The van der Waals surface area contributed by atoms with Crippen LogP contribution < -0.4 is 14.8 Å². The van der Waals surface area contributed by atoms with Crippen molar-refractivity contribution < 1.29 is 22.6 Å². The molecule has 146 valence electrons. The van der Waals surface area contributed by atoms with Crippen LogP contribution in [0.15, 0.2) is 60.8 Å². The lowest BCUT2D eigenvalue weighted by atomic mass is 10.3. The Morgan fingerprint density at radius 1 is 0.964 bits per heavy atom. The average molecular weight is 389 g/mol. The van der Waals surface area contributed by atoms with E-state index in [4.69, 9.17) is 9.47 Å². The molecule has 0 amide bonds. The summed E-state index contributed by atoms with van der Waals surface area (Å²) in [5.74, 6) is 0.254. The summed E-state index contributed by atoms with van der Waals surface area (Å²) in [6.45, 7) is 3.79. The van der Waals surface area contributed by atoms with Gasteiger partial charge in [0.15, 0.2) is 0 Å². The maximum Gasteiger partial charge on any atom is 0.423 e. The van der Waals surface area contributed by atoms with Crippen LogP contribution in [0.25, 0.3) is 0 Å². The molecule has 1 aromatic heterocycles. The zero-order valence-electron chi connectivity index (χ0n) is 15.2. The molecule has 0 fully saturated rings. The zero-order valence-corrected chi connectivity index (χ0v) is 15.2. The molecule has 0 aliphatic heterocycles. The number of anilines is 2. The molecule has 28 heavy (non-hydrogen) atoms. The van der Waals surface area contributed by atoms with E-state index in [1.807, 2.05) is 13.8 Å². The second-order valence-electron chi connectivity index (χ2n) is 6.14. The molecule has 1 N–H and O–H groups in total. The third kappa shape index (κ3) is 5.12. The van der Waals surface area contributed by atoms with E-state index in [2.05, 4.69) is 15.3 Å². The molecule has 0 spiro atoms. The second-order valence-corrected chi connectivity index (χ2v) is 6.14. The molecule has 5 nitrogen and oxygen atoms in total. The van der Waals surface area contributed by atoms with Crippen molar-refractivity contribution in [3.05, 3.63) is 66.4 Å². The van der Waals surface area contributed by atoms with Gasteiger partial charge in [-0.05, 0) is 38.1 Å². The van der Waals surface area contributed by atoms with Crippen LogP contribution >= 0.6 is 0 Å². The van der Waals surface area contributed by atoms with Crippen LogP contribution in [0.3, 0.4) is 0 Å². The predicted molar refractivity (Wildman–Crippen MR) is 99.0 cm³/mol. The first-order valence-corrected chi connectivity index (χ1v) is 8.52. The first-order chi connectivity index (χ1) is 13.3. The number of halogens is 3. The van der Waals surface area contributed by atoms with Crippen LogP contribution in [0, 0.1) is 0 Å². The molecule has 0 aliphatic carbocycles. The van der Waals surface area contributed by atoms with Crippen molar-refractivity contribution in [3.8, 4) is 17.4 Å². The third-order valence-corrected chi connectivity index (χ3v) is 3.48. The first-order valence-electron chi connectivity index (χ1n) is 8.52. The molecule has 2 aromatic carbocycles. The summed E-state index contributed by atoms with van der Waals surface area (Å²) in [5.41, 5.74) is -0.484. The standard InChI is InChI=1S/C20H18F3N3O2/c1-13(2)27-16-10-6-7-14(11-16)25-19-24-12-17(20(21,22)23)18(26-19)28-15-8-4-3-5-9-15/h3-13H,1-2H3,(H,24,25,26). The summed E-state index contributed by atoms with van der Waals surface area (Å²) in [6, 6.07) is 15.1. The number of nitrogens with zero attached hydrogens (tertiary/aromatic N) is 2. The lowest BCUT2D eigenvalue weighted by Gasteiger charge is -2.14. The fraction of sp³-hybridized carbons (Fsp3) is 0.200. The second kappa shape index (κ2) is 8.16. The quantitative estimate of drug-likeness (QED) is 0.576. The molecule has 3 aromatic rings. The van der Waals surface area contributed by atoms with E-state index in [0.717, 1.165) is 0 Å². The van der Waals surface area contributed by atoms with Gasteiger partial charge in [-0.15, -0.1) is 0 Å². The molecule has 0 atom stereocenters. The van der Waals surface area contributed by atoms with E-state index in [9.17, 15) is 13.2 Å². The van der Waals surface area contributed by atoms with Gasteiger partial charge in [-0.2, -0.15) is 18.2 Å². The van der Waals surface area contributed by atoms with Gasteiger partial charge in [0.2, 0.25) is 11.8 Å². The molecule has 1 heterocycles. The van der Waals surface area contributed by atoms with Gasteiger partial charge in [0.05, 0.1) is 6.10 Å². The molecule has 0 bridgehead atoms. The Labute approximate surface area is 160 Å². The zero-order chi connectivity index (χ0) is 20.1. The van der Waals surface area contributed by atoms with E-state index in [1.54, 1.807) is 54.6 Å². The Morgan fingerprint density at radius 2 is 1.68 bits per heavy atom. The number of benzene rings is 2. The molecule has 8 heteroatoms. The smallest absolute Gasteiger partial charge is 0.423 e. The Bertz CT molecular complexity index is 931. The topological polar surface area (TPSA) is 56.3 Å². The lowest BCUT2D eigenvalue weighted by molar-refractivity contribution is -0.139. The van der Waals surface area contributed by atoms with Crippen LogP contribution in [0.4, 0.5) is 24.8 Å². The summed E-state index contributed by atoms with van der Waals surface area (Å²) in [5, 5.41) is 2.87. The lowest BCUT2D eigenvalue weighted by Crippen LogP contribution is -2.11. The fourth-order valence-corrected chi connectivity index (χ4v) is 2.35. The number of rotatable bonds is 6. The minimum atomic E-state index is -4.65. The van der Waals surface area contributed by atoms with Gasteiger partial charge >= 0.3 is 6.18 Å². The molecule has 0 saturated carbocycles. The molecule has 3 rings (SSSR count). The average Bonchev–Trinajstić information content (AvgIpc) is 2.61. The van der Waals surface area contributed by atoms with Crippen molar-refractivity contribution in [1.82, 2.24) is 9.97 Å². The van der Waals surface area contributed by atoms with Gasteiger partial charge in [-0.25, -0.2) is 4.98 Å². The van der Waals surface area contributed by atoms with Crippen molar-refractivity contribution in [3.63, 3.8) is 0 Å². The van der Waals surface area contributed by atoms with Crippen LogP contribution in [0.2, 0.25) is 0 Å². The Hall–Kier alpha value is -3.29. The molecular formula is C20H18F3N3O2. The minimum Gasteiger partial charge on any atom is -0.491 e. The molecule has 0 saturated heterocycles. The Kier molecular flexibility index (Phi) is 5.67. The summed E-state index contributed by atoms with van der Waals surface area (Å²) in [4.78, 5) is 7.69. The molecule has 0 unspecified atom stereocenters. The highest BCUT2D eigenvalue weighted by Crippen LogP contribution is 2.37. The largest absolute Gasteiger partial charge is 0.491 e. The molecule has 0 aliphatic rings. The monoisotopic (exact) mass is 389 g/mol. The van der Waals surface area contributed by atoms with Gasteiger partial charge < -0.3 is 14.8 Å². The predicted octanol–water partition coefficient (Wildman–Crippen LogP) is 5.82. The van der Waals surface area contributed by atoms with Crippen LogP contribution in [-0.2, 0) is 6.18 Å². The van der Waals surface area contributed by atoms with Gasteiger partial charge in [0, 0.05) is 18.0 Å². The van der Waals surface area contributed by atoms with Crippen molar-refractivity contribution in [1.29, 1.82) is 0 Å². The number of hydrogen-bond donors (Lipinski definition) is 1. The highest BCUT2D eigenvalue weighted by Gasteiger charge is 2.36. The van der Waals surface area contributed by atoms with Crippen LogP contribution in [0.5, 0.6) is 17.4 Å². The maximum atomic E-state index is 13.3. The molecular weight excluding hydrogens is 371 g/mol. The number of hydrogen-bond acceptors (Lipinski definition) is 5. The summed E-state index contributed by atoms with van der Waals surface area (Å²) in [6.07, 6.45) is -3.96. The van der Waals surface area contributed by atoms with Crippen molar-refractivity contribution in [2.45, 2.75) is 26.1 Å². The van der Waals surface area contributed by atoms with Crippen molar-refractivity contribution in [2.24, 2.45) is 0 Å². The van der Waals surface area contributed by atoms with Crippen LogP contribution in [-0.4, -0.2) is 16.1 Å².